The van der Waals surface area contributed by atoms with Crippen LogP contribution in [0.25, 0.3) is 11.1 Å². The number of rotatable bonds is 1. The standard InChI is InChI=1S/C12H9ClO2/c13-10-7-12(15)11(14)6-9(10)8-4-2-1-3-5-8/h1-7,14-15H. The lowest BCUT2D eigenvalue weighted by Crippen LogP contribution is -1.79. The minimum atomic E-state index is -0.209. The van der Waals surface area contributed by atoms with E-state index in [-0.39, 0.29) is 11.5 Å². The van der Waals surface area contributed by atoms with Crippen LogP contribution in [0.2, 0.25) is 5.02 Å². The Hall–Kier alpha value is -1.67. The molecule has 0 heterocycles. The summed E-state index contributed by atoms with van der Waals surface area (Å²) in [5.74, 6) is -0.377. The first-order valence-corrected chi connectivity index (χ1v) is 4.83. The zero-order valence-corrected chi connectivity index (χ0v) is 8.57. The van der Waals surface area contributed by atoms with Gasteiger partial charge in [-0.3, -0.25) is 0 Å². The third-order valence-electron chi connectivity index (χ3n) is 2.15. The third-order valence-corrected chi connectivity index (χ3v) is 2.46. The summed E-state index contributed by atoms with van der Waals surface area (Å²) >= 11 is 5.96. The van der Waals surface area contributed by atoms with E-state index in [4.69, 9.17) is 11.6 Å². The number of phenolic OH excluding ortho intramolecular Hbond substituents is 2. The van der Waals surface area contributed by atoms with E-state index in [1.165, 1.54) is 12.1 Å². The maximum absolute atomic E-state index is 9.38. The monoisotopic (exact) mass is 220 g/mol. The highest BCUT2D eigenvalue weighted by molar-refractivity contribution is 6.33. The molecule has 2 rings (SSSR count). The summed E-state index contributed by atoms with van der Waals surface area (Å²) < 4.78 is 0. The molecule has 0 aliphatic heterocycles. The average molecular weight is 221 g/mol. The lowest BCUT2D eigenvalue weighted by atomic mass is 10.1. The molecule has 0 spiro atoms. The fourth-order valence-electron chi connectivity index (χ4n) is 1.39. The van der Waals surface area contributed by atoms with Crippen molar-refractivity contribution in [2.45, 2.75) is 0 Å². The molecule has 0 amide bonds. The summed E-state index contributed by atoms with van der Waals surface area (Å²) in [7, 11) is 0. The molecule has 76 valence electrons. The van der Waals surface area contributed by atoms with Crippen molar-refractivity contribution in [3.8, 4) is 22.6 Å². The van der Waals surface area contributed by atoms with Gasteiger partial charge in [0.2, 0.25) is 0 Å². The van der Waals surface area contributed by atoms with E-state index in [1.807, 2.05) is 30.3 Å². The molecule has 0 fully saturated rings. The van der Waals surface area contributed by atoms with E-state index < -0.39 is 0 Å². The Morgan fingerprint density at radius 1 is 0.867 bits per heavy atom. The lowest BCUT2D eigenvalue weighted by Gasteiger charge is -2.06. The molecule has 2 aromatic rings. The van der Waals surface area contributed by atoms with Crippen molar-refractivity contribution in [1.29, 1.82) is 0 Å². The van der Waals surface area contributed by atoms with Gasteiger partial charge in [0, 0.05) is 11.6 Å². The second-order valence-corrected chi connectivity index (χ2v) is 3.59. The normalized spacial score (nSPS) is 10.2. The Bertz CT molecular complexity index is 480. The molecular weight excluding hydrogens is 212 g/mol. The Kier molecular flexibility index (Phi) is 2.52. The van der Waals surface area contributed by atoms with E-state index in [0.717, 1.165) is 5.56 Å². The van der Waals surface area contributed by atoms with E-state index in [0.29, 0.717) is 10.6 Å². The van der Waals surface area contributed by atoms with Gasteiger partial charge in [-0.2, -0.15) is 0 Å². The van der Waals surface area contributed by atoms with Gasteiger partial charge in [-0.05, 0) is 11.6 Å². The van der Waals surface area contributed by atoms with Crippen LogP contribution in [0.1, 0.15) is 0 Å². The van der Waals surface area contributed by atoms with Crippen LogP contribution in [0.15, 0.2) is 42.5 Å². The number of phenols is 2. The number of hydrogen-bond donors (Lipinski definition) is 2. The molecule has 0 aliphatic carbocycles. The smallest absolute Gasteiger partial charge is 0.158 e. The van der Waals surface area contributed by atoms with Gasteiger partial charge in [-0.15, -0.1) is 0 Å². The first kappa shape index (κ1) is 9.87. The Morgan fingerprint density at radius 3 is 2.13 bits per heavy atom. The molecule has 0 aliphatic rings. The molecule has 15 heavy (non-hydrogen) atoms. The molecule has 0 bridgehead atoms. The maximum Gasteiger partial charge on any atom is 0.158 e. The molecule has 2 N–H and O–H groups in total. The van der Waals surface area contributed by atoms with Crippen LogP contribution in [-0.2, 0) is 0 Å². The summed E-state index contributed by atoms with van der Waals surface area (Å²) in [6.07, 6.45) is 0. The average Bonchev–Trinajstić information content (AvgIpc) is 2.25. The van der Waals surface area contributed by atoms with Crippen molar-refractivity contribution in [3.63, 3.8) is 0 Å². The molecule has 0 saturated heterocycles. The first-order valence-electron chi connectivity index (χ1n) is 4.45. The van der Waals surface area contributed by atoms with Gasteiger partial charge in [0.25, 0.3) is 0 Å². The fraction of sp³-hybridized carbons (Fsp3) is 0. The molecular formula is C12H9ClO2. The molecule has 0 saturated carbocycles. The van der Waals surface area contributed by atoms with E-state index in [9.17, 15) is 10.2 Å². The van der Waals surface area contributed by atoms with Gasteiger partial charge in [-0.1, -0.05) is 41.9 Å². The molecule has 2 aromatic carbocycles. The molecule has 0 unspecified atom stereocenters. The molecule has 0 atom stereocenters. The fourth-order valence-corrected chi connectivity index (χ4v) is 1.66. The number of benzene rings is 2. The van der Waals surface area contributed by atoms with E-state index >= 15 is 0 Å². The van der Waals surface area contributed by atoms with Crippen LogP contribution in [0.4, 0.5) is 0 Å². The second kappa shape index (κ2) is 3.83. The quantitative estimate of drug-likeness (QED) is 0.723. The van der Waals surface area contributed by atoms with E-state index in [1.54, 1.807) is 0 Å². The van der Waals surface area contributed by atoms with Crippen LogP contribution < -0.4 is 0 Å². The van der Waals surface area contributed by atoms with Crippen molar-refractivity contribution in [1.82, 2.24) is 0 Å². The van der Waals surface area contributed by atoms with Crippen LogP contribution in [0.5, 0.6) is 11.5 Å². The minimum absolute atomic E-state index is 0.168. The SMILES string of the molecule is Oc1cc(Cl)c(-c2ccccc2)cc1O. The van der Waals surface area contributed by atoms with Gasteiger partial charge >= 0.3 is 0 Å². The van der Waals surface area contributed by atoms with Gasteiger partial charge in [0.15, 0.2) is 11.5 Å². The predicted molar refractivity (Wildman–Crippen MR) is 60.2 cm³/mol. The summed E-state index contributed by atoms with van der Waals surface area (Å²) in [6.45, 7) is 0. The van der Waals surface area contributed by atoms with Crippen molar-refractivity contribution in [2.75, 3.05) is 0 Å². The first-order chi connectivity index (χ1) is 7.18. The topological polar surface area (TPSA) is 40.5 Å². The zero-order chi connectivity index (χ0) is 10.8. The van der Waals surface area contributed by atoms with E-state index in [2.05, 4.69) is 0 Å². The third kappa shape index (κ3) is 1.90. The molecule has 0 radical (unpaired) electrons. The van der Waals surface area contributed by atoms with Crippen LogP contribution in [-0.4, -0.2) is 10.2 Å². The summed E-state index contributed by atoms with van der Waals surface area (Å²) in [5, 5.41) is 19.0. The number of hydrogen-bond acceptors (Lipinski definition) is 2. The molecule has 2 nitrogen and oxygen atoms in total. The second-order valence-electron chi connectivity index (χ2n) is 3.19. The molecule has 3 heteroatoms. The summed E-state index contributed by atoms with van der Waals surface area (Å²) in [4.78, 5) is 0. The highest BCUT2D eigenvalue weighted by Gasteiger charge is 2.08. The highest BCUT2D eigenvalue weighted by atomic mass is 35.5. The minimum Gasteiger partial charge on any atom is -0.504 e. The highest BCUT2D eigenvalue weighted by Crippen LogP contribution is 2.36. The predicted octanol–water partition coefficient (Wildman–Crippen LogP) is 3.42. The van der Waals surface area contributed by atoms with Gasteiger partial charge < -0.3 is 10.2 Å². The van der Waals surface area contributed by atoms with Gasteiger partial charge in [0.1, 0.15) is 0 Å². The van der Waals surface area contributed by atoms with Crippen molar-refractivity contribution in [3.05, 3.63) is 47.5 Å². The Morgan fingerprint density at radius 2 is 1.47 bits per heavy atom. The van der Waals surface area contributed by atoms with Crippen molar-refractivity contribution in [2.24, 2.45) is 0 Å². The summed E-state index contributed by atoms with van der Waals surface area (Å²) in [6, 6.07) is 12.2. The maximum atomic E-state index is 9.38. The Labute approximate surface area is 92.4 Å². The van der Waals surface area contributed by atoms with Gasteiger partial charge in [-0.25, -0.2) is 0 Å². The van der Waals surface area contributed by atoms with Crippen molar-refractivity contribution >= 4 is 11.6 Å². The molecule has 0 aromatic heterocycles. The largest absolute Gasteiger partial charge is 0.504 e. The zero-order valence-electron chi connectivity index (χ0n) is 7.81. The number of halogens is 1. The summed E-state index contributed by atoms with van der Waals surface area (Å²) in [5.41, 5.74) is 1.60. The van der Waals surface area contributed by atoms with Crippen LogP contribution >= 0.6 is 11.6 Å². The van der Waals surface area contributed by atoms with Crippen molar-refractivity contribution < 1.29 is 10.2 Å². The Balaban J connectivity index is 2.59. The number of aromatic hydroxyl groups is 2. The van der Waals surface area contributed by atoms with Gasteiger partial charge in [0.05, 0.1) is 5.02 Å². The van der Waals surface area contributed by atoms with Crippen LogP contribution in [0, 0.1) is 0 Å². The lowest BCUT2D eigenvalue weighted by molar-refractivity contribution is 0.404. The van der Waals surface area contributed by atoms with Crippen LogP contribution in [0.3, 0.4) is 0 Å².